The van der Waals surface area contributed by atoms with Gasteiger partial charge in [-0.1, -0.05) is 0 Å². The molecule has 1 fully saturated rings. The molecule has 1 amide bonds. The van der Waals surface area contributed by atoms with E-state index in [0.29, 0.717) is 19.0 Å². The predicted octanol–water partition coefficient (Wildman–Crippen LogP) is -0.597. The Kier molecular flexibility index (Phi) is 4.18. The molecule has 13 heavy (non-hydrogen) atoms. The van der Waals surface area contributed by atoms with Crippen molar-refractivity contribution in [2.75, 3.05) is 32.7 Å². The van der Waals surface area contributed by atoms with Crippen LogP contribution in [0.15, 0.2) is 0 Å². The van der Waals surface area contributed by atoms with E-state index in [2.05, 4.69) is 10.2 Å². The van der Waals surface area contributed by atoms with Crippen LogP contribution in [0.3, 0.4) is 0 Å². The lowest BCUT2D eigenvalue weighted by molar-refractivity contribution is -0.121. The quantitative estimate of drug-likeness (QED) is 0.615. The maximum Gasteiger partial charge on any atom is 0.234 e. The molecule has 0 aromatic heterocycles. The van der Waals surface area contributed by atoms with Gasteiger partial charge in [-0.25, -0.2) is 0 Å². The molecule has 0 bridgehead atoms. The second kappa shape index (κ2) is 5.19. The van der Waals surface area contributed by atoms with E-state index in [1.807, 2.05) is 6.92 Å². The van der Waals surface area contributed by atoms with Gasteiger partial charge in [0, 0.05) is 13.1 Å². The third-order valence-electron chi connectivity index (χ3n) is 2.44. The average Bonchev–Trinajstić information content (AvgIpc) is 2.52. The molecular formula is C9H19N3O. The van der Waals surface area contributed by atoms with Crippen molar-refractivity contribution < 1.29 is 4.79 Å². The van der Waals surface area contributed by atoms with Crippen LogP contribution in [0.1, 0.15) is 13.3 Å². The number of likely N-dealkylation sites (tertiary alicyclic amines) is 1. The van der Waals surface area contributed by atoms with Crippen LogP contribution in [-0.4, -0.2) is 43.5 Å². The van der Waals surface area contributed by atoms with Crippen LogP contribution in [-0.2, 0) is 4.79 Å². The number of hydrogen-bond donors (Lipinski definition) is 2. The van der Waals surface area contributed by atoms with Crippen molar-refractivity contribution in [2.45, 2.75) is 13.3 Å². The molecule has 0 aromatic rings. The van der Waals surface area contributed by atoms with E-state index < -0.39 is 0 Å². The van der Waals surface area contributed by atoms with Gasteiger partial charge in [-0.15, -0.1) is 0 Å². The zero-order valence-corrected chi connectivity index (χ0v) is 8.25. The Morgan fingerprint density at radius 2 is 2.46 bits per heavy atom. The van der Waals surface area contributed by atoms with Gasteiger partial charge in [0.05, 0.1) is 6.54 Å². The average molecular weight is 185 g/mol. The number of hydrogen-bond acceptors (Lipinski definition) is 3. The van der Waals surface area contributed by atoms with Crippen LogP contribution >= 0.6 is 0 Å². The largest absolute Gasteiger partial charge is 0.355 e. The zero-order valence-electron chi connectivity index (χ0n) is 8.25. The molecule has 1 aliphatic heterocycles. The summed E-state index contributed by atoms with van der Waals surface area (Å²) in [7, 11) is 0. The maximum absolute atomic E-state index is 11.2. The van der Waals surface area contributed by atoms with E-state index in [-0.39, 0.29) is 5.91 Å². The summed E-state index contributed by atoms with van der Waals surface area (Å²) >= 11 is 0. The Morgan fingerprint density at radius 3 is 3.00 bits per heavy atom. The molecule has 1 unspecified atom stereocenters. The first-order valence-corrected chi connectivity index (χ1v) is 4.95. The van der Waals surface area contributed by atoms with Crippen LogP contribution < -0.4 is 11.1 Å². The second-order valence-electron chi connectivity index (χ2n) is 3.58. The maximum atomic E-state index is 11.2. The highest BCUT2D eigenvalue weighted by atomic mass is 16.2. The summed E-state index contributed by atoms with van der Waals surface area (Å²) in [6.45, 7) is 5.92. The molecule has 1 heterocycles. The molecule has 0 spiro atoms. The smallest absolute Gasteiger partial charge is 0.234 e. The van der Waals surface area contributed by atoms with E-state index >= 15 is 0 Å². The normalized spacial score (nSPS) is 23.4. The van der Waals surface area contributed by atoms with Gasteiger partial charge in [0.2, 0.25) is 5.91 Å². The number of nitrogens with two attached hydrogens (primary N) is 1. The highest BCUT2D eigenvalue weighted by Gasteiger charge is 2.22. The van der Waals surface area contributed by atoms with Crippen molar-refractivity contribution in [1.29, 1.82) is 0 Å². The van der Waals surface area contributed by atoms with Crippen LogP contribution in [0.4, 0.5) is 0 Å². The van der Waals surface area contributed by atoms with Crippen molar-refractivity contribution in [2.24, 2.45) is 11.7 Å². The number of nitrogens with one attached hydrogen (secondary N) is 1. The highest BCUT2D eigenvalue weighted by molar-refractivity contribution is 5.77. The van der Waals surface area contributed by atoms with Gasteiger partial charge in [0.15, 0.2) is 0 Å². The molecule has 4 nitrogen and oxygen atoms in total. The zero-order chi connectivity index (χ0) is 9.68. The van der Waals surface area contributed by atoms with Gasteiger partial charge >= 0.3 is 0 Å². The minimum absolute atomic E-state index is 0.125. The summed E-state index contributed by atoms with van der Waals surface area (Å²) in [6, 6.07) is 0. The van der Waals surface area contributed by atoms with E-state index in [1.165, 1.54) is 0 Å². The fourth-order valence-electron chi connectivity index (χ4n) is 1.71. The van der Waals surface area contributed by atoms with Gasteiger partial charge in [-0.05, 0) is 32.4 Å². The van der Waals surface area contributed by atoms with Gasteiger partial charge in [-0.3, -0.25) is 9.69 Å². The second-order valence-corrected chi connectivity index (χ2v) is 3.58. The van der Waals surface area contributed by atoms with Crippen LogP contribution in [0, 0.1) is 5.92 Å². The number of carbonyl (C=O) groups is 1. The van der Waals surface area contributed by atoms with Gasteiger partial charge < -0.3 is 11.1 Å². The third-order valence-corrected chi connectivity index (χ3v) is 2.44. The molecule has 0 aliphatic carbocycles. The van der Waals surface area contributed by atoms with Crippen LogP contribution in [0.5, 0.6) is 0 Å². The number of likely N-dealkylation sites (N-methyl/N-ethyl adjacent to an activating group) is 1. The molecule has 1 rings (SSSR count). The SMILES string of the molecule is CCNC(=O)CN1CCC(CN)C1. The van der Waals surface area contributed by atoms with Crippen molar-refractivity contribution in [3.63, 3.8) is 0 Å². The standard InChI is InChI=1S/C9H19N3O/c1-2-11-9(13)7-12-4-3-8(5-10)6-12/h8H,2-7,10H2,1H3,(H,11,13). The first-order chi connectivity index (χ1) is 6.26. The lowest BCUT2D eigenvalue weighted by atomic mass is 10.1. The number of carbonyl (C=O) groups excluding carboxylic acids is 1. The fraction of sp³-hybridized carbons (Fsp3) is 0.889. The van der Waals surface area contributed by atoms with Gasteiger partial charge in [0.1, 0.15) is 0 Å². The first kappa shape index (κ1) is 10.5. The van der Waals surface area contributed by atoms with E-state index in [9.17, 15) is 4.79 Å². The Hall–Kier alpha value is -0.610. The van der Waals surface area contributed by atoms with Crippen molar-refractivity contribution in [3.8, 4) is 0 Å². The summed E-state index contributed by atoms with van der Waals surface area (Å²) < 4.78 is 0. The molecule has 0 aromatic carbocycles. The van der Waals surface area contributed by atoms with Crippen LogP contribution in [0.25, 0.3) is 0 Å². The van der Waals surface area contributed by atoms with Crippen molar-refractivity contribution in [1.82, 2.24) is 10.2 Å². The topological polar surface area (TPSA) is 58.4 Å². The number of rotatable bonds is 4. The van der Waals surface area contributed by atoms with Crippen LogP contribution in [0.2, 0.25) is 0 Å². The summed E-state index contributed by atoms with van der Waals surface area (Å²) in [4.78, 5) is 13.4. The number of nitrogens with zero attached hydrogens (tertiary/aromatic N) is 1. The lowest BCUT2D eigenvalue weighted by Gasteiger charge is -2.14. The molecule has 76 valence electrons. The molecule has 4 heteroatoms. The van der Waals surface area contributed by atoms with E-state index in [0.717, 1.165) is 26.1 Å². The van der Waals surface area contributed by atoms with E-state index in [4.69, 9.17) is 5.73 Å². The fourth-order valence-corrected chi connectivity index (χ4v) is 1.71. The van der Waals surface area contributed by atoms with Gasteiger partial charge in [0.25, 0.3) is 0 Å². The van der Waals surface area contributed by atoms with E-state index in [1.54, 1.807) is 0 Å². The Labute approximate surface area is 79.5 Å². The summed E-state index contributed by atoms with van der Waals surface area (Å²) in [6.07, 6.45) is 1.13. The van der Waals surface area contributed by atoms with Crippen molar-refractivity contribution in [3.05, 3.63) is 0 Å². The Balaban J connectivity index is 2.19. The summed E-state index contributed by atoms with van der Waals surface area (Å²) in [5.41, 5.74) is 5.56. The molecular weight excluding hydrogens is 166 g/mol. The Bertz CT molecular complexity index is 172. The minimum atomic E-state index is 0.125. The first-order valence-electron chi connectivity index (χ1n) is 4.95. The lowest BCUT2D eigenvalue weighted by Crippen LogP contribution is -2.36. The predicted molar refractivity (Wildman–Crippen MR) is 52.3 cm³/mol. The molecule has 0 radical (unpaired) electrons. The highest BCUT2D eigenvalue weighted by Crippen LogP contribution is 2.13. The molecule has 3 N–H and O–H groups in total. The monoisotopic (exact) mass is 185 g/mol. The van der Waals surface area contributed by atoms with Gasteiger partial charge in [-0.2, -0.15) is 0 Å². The molecule has 1 saturated heterocycles. The Morgan fingerprint density at radius 1 is 1.69 bits per heavy atom. The third kappa shape index (κ3) is 3.32. The summed E-state index contributed by atoms with van der Waals surface area (Å²) in [5, 5.41) is 2.79. The summed E-state index contributed by atoms with van der Waals surface area (Å²) in [5.74, 6) is 0.717. The van der Waals surface area contributed by atoms with Crippen molar-refractivity contribution >= 4 is 5.91 Å². The molecule has 1 aliphatic rings. The molecule has 1 atom stereocenters. The molecule has 0 saturated carbocycles. The minimum Gasteiger partial charge on any atom is -0.355 e. The number of amides is 1.